The number of aliphatic carboxylic acids is 1. The van der Waals surface area contributed by atoms with Crippen LogP contribution in [0.3, 0.4) is 0 Å². The number of amides is 1. The Hall–Kier alpha value is -3.30. The molecule has 0 aliphatic rings. The summed E-state index contributed by atoms with van der Waals surface area (Å²) in [7, 11) is 0. The molecule has 10 nitrogen and oxygen atoms in total. The van der Waals surface area contributed by atoms with E-state index in [4.69, 9.17) is 5.11 Å². The summed E-state index contributed by atoms with van der Waals surface area (Å²) in [5, 5.41) is 24.1. The Morgan fingerprint density at radius 3 is 2.81 bits per heavy atom. The van der Waals surface area contributed by atoms with E-state index in [0.717, 1.165) is 11.0 Å². The third-order valence-electron chi connectivity index (χ3n) is 3.81. The Kier molecular flexibility index (Phi) is 4.65. The molecular weight excluding hydrogens is 338 g/mol. The van der Waals surface area contributed by atoms with Gasteiger partial charge in [-0.3, -0.25) is 9.59 Å². The predicted molar refractivity (Wildman–Crippen MR) is 91.5 cm³/mol. The number of hydrogen-bond acceptors (Lipinski definition) is 6. The number of nitrogens with zero attached hydrogens (tertiary/aromatic N) is 6. The van der Waals surface area contributed by atoms with E-state index in [-0.39, 0.29) is 25.0 Å². The minimum absolute atomic E-state index is 0.140. The van der Waals surface area contributed by atoms with Crippen molar-refractivity contribution < 1.29 is 14.7 Å². The van der Waals surface area contributed by atoms with Gasteiger partial charge in [0.2, 0.25) is 0 Å². The second-order valence-electron chi connectivity index (χ2n) is 6.20. The standard InChI is InChI=1S/C16H19N7O3/c1-9(2)23-15-11(5-18-23)4-13(10(3)19-15)16(26)17-6-12-7-22(21-20-12)8-14(24)25/h4-5,7,9H,6,8H2,1-3H3,(H,17,26)(H,24,25). The molecule has 0 aromatic carbocycles. The van der Waals surface area contributed by atoms with E-state index in [9.17, 15) is 9.59 Å². The zero-order valence-electron chi connectivity index (χ0n) is 14.7. The summed E-state index contributed by atoms with van der Waals surface area (Å²) in [4.78, 5) is 27.6. The van der Waals surface area contributed by atoms with E-state index in [1.165, 1.54) is 10.9 Å². The van der Waals surface area contributed by atoms with Crippen LogP contribution in [0.4, 0.5) is 0 Å². The summed E-state index contributed by atoms with van der Waals surface area (Å²) < 4.78 is 3.01. The predicted octanol–water partition coefficient (Wildman–Crippen LogP) is 0.927. The monoisotopic (exact) mass is 357 g/mol. The number of carboxylic acid groups (broad SMARTS) is 1. The fourth-order valence-electron chi connectivity index (χ4n) is 2.57. The molecule has 0 bridgehead atoms. The van der Waals surface area contributed by atoms with Gasteiger partial charge in [-0.05, 0) is 26.8 Å². The smallest absolute Gasteiger partial charge is 0.325 e. The van der Waals surface area contributed by atoms with Crippen LogP contribution in [0.1, 0.15) is 41.6 Å². The average Bonchev–Trinajstić information content (AvgIpc) is 3.17. The first-order chi connectivity index (χ1) is 12.3. The second kappa shape index (κ2) is 6.90. The molecule has 0 saturated heterocycles. The summed E-state index contributed by atoms with van der Waals surface area (Å²) in [6, 6.07) is 1.94. The number of nitrogens with one attached hydrogen (secondary N) is 1. The largest absolute Gasteiger partial charge is 0.480 e. The minimum Gasteiger partial charge on any atom is -0.480 e. The van der Waals surface area contributed by atoms with Crippen molar-refractivity contribution in [2.75, 3.05) is 0 Å². The van der Waals surface area contributed by atoms with Crippen LogP contribution in [0.25, 0.3) is 11.0 Å². The Morgan fingerprint density at radius 2 is 2.12 bits per heavy atom. The molecule has 0 unspecified atom stereocenters. The highest BCUT2D eigenvalue weighted by atomic mass is 16.4. The van der Waals surface area contributed by atoms with Gasteiger partial charge in [0, 0.05) is 11.4 Å². The van der Waals surface area contributed by atoms with E-state index in [1.807, 2.05) is 18.5 Å². The average molecular weight is 357 g/mol. The summed E-state index contributed by atoms with van der Waals surface area (Å²) in [5.41, 5.74) is 2.27. The van der Waals surface area contributed by atoms with Gasteiger partial charge in [-0.1, -0.05) is 5.21 Å². The normalized spacial score (nSPS) is 11.2. The van der Waals surface area contributed by atoms with Crippen molar-refractivity contribution in [1.82, 2.24) is 35.1 Å². The quantitative estimate of drug-likeness (QED) is 0.671. The van der Waals surface area contributed by atoms with Gasteiger partial charge in [0.05, 0.1) is 30.2 Å². The Bertz CT molecular complexity index is 974. The molecule has 3 aromatic heterocycles. The first-order valence-corrected chi connectivity index (χ1v) is 8.09. The molecule has 1 amide bonds. The lowest BCUT2D eigenvalue weighted by Crippen LogP contribution is -2.24. The minimum atomic E-state index is -1.01. The molecule has 3 rings (SSSR count). The third kappa shape index (κ3) is 3.53. The first kappa shape index (κ1) is 17.5. The maximum absolute atomic E-state index is 12.5. The maximum Gasteiger partial charge on any atom is 0.325 e. The highest BCUT2D eigenvalue weighted by molar-refractivity contribution is 5.98. The Labute approximate surface area is 148 Å². The lowest BCUT2D eigenvalue weighted by Gasteiger charge is -2.09. The van der Waals surface area contributed by atoms with Gasteiger partial charge in [-0.15, -0.1) is 5.10 Å². The van der Waals surface area contributed by atoms with Crippen LogP contribution in [0.2, 0.25) is 0 Å². The van der Waals surface area contributed by atoms with Gasteiger partial charge in [-0.25, -0.2) is 14.3 Å². The number of carboxylic acids is 1. The molecule has 0 aliphatic carbocycles. The maximum atomic E-state index is 12.5. The SMILES string of the molecule is Cc1nc2c(cnn2C(C)C)cc1C(=O)NCc1cn(CC(=O)O)nn1. The number of aromatic nitrogens is 6. The number of carbonyl (C=O) groups is 2. The van der Waals surface area contributed by atoms with Gasteiger partial charge >= 0.3 is 5.97 Å². The number of hydrogen-bond donors (Lipinski definition) is 2. The first-order valence-electron chi connectivity index (χ1n) is 8.09. The molecule has 3 heterocycles. The van der Waals surface area contributed by atoms with Crippen molar-refractivity contribution in [3.8, 4) is 0 Å². The van der Waals surface area contributed by atoms with E-state index in [2.05, 4.69) is 25.7 Å². The topological polar surface area (TPSA) is 128 Å². The summed E-state index contributed by atoms with van der Waals surface area (Å²) in [6.45, 7) is 5.67. The molecule has 0 atom stereocenters. The van der Waals surface area contributed by atoms with Crippen molar-refractivity contribution >= 4 is 22.9 Å². The molecule has 2 N–H and O–H groups in total. The van der Waals surface area contributed by atoms with Crippen molar-refractivity contribution in [3.63, 3.8) is 0 Å². The lowest BCUT2D eigenvalue weighted by atomic mass is 10.1. The highest BCUT2D eigenvalue weighted by Crippen LogP contribution is 2.19. The van der Waals surface area contributed by atoms with Gasteiger partial charge in [0.15, 0.2) is 5.65 Å². The molecule has 0 aliphatic heterocycles. The van der Waals surface area contributed by atoms with Crippen molar-refractivity contribution in [3.05, 3.63) is 35.4 Å². The van der Waals surface area contributed by atoms with Crippen LogP contribution in [-0.2, 0) is 17.9 Å². The lowest BCUT2D eigenvalue weighted by molar-refractivity contribution is -0.137. The second-order valence-corrected chi connectivity index (χ2v) is 6.20. The van der Waals surface area contributed by atoms with E-state index in [0.29, 0.717) is 17.0 Å². The van der Waals surface area contributed by atoms with Crippen molar-refractivity contribution in [2.24, 2.45) is 0 Å². The highest BCUT2D eigenvalue weighted by Gasteiger charge is 2.15. The number of aryl methyl sites for hydroxylation is 1. The zero-order chi connectivity index (χ0) is 18.8. The molecule has 0 spiro atoms. The van der Waals surface area contributed by atoms with Crippen LogP contribution in [0, 0.1) is 6.92 Å². The number of carbonyl (C=O) groups excluding carboxylic acids is 1. The molecule has 0 saturated carbocycles. The number of rotatable bonds is 6. The van der Waals surface area contributed by atoms with Gasteiger partial charge in [-0.2, -0.15) is 5.10 Å². The molecule has 26 heavy (non-hydrogen) atoms. The number of pyridine rings is 1. The van der Waals surface area contributed by atoms with E-state index >= 15 is 0 Å². The van der Waals surface area contributed by atoms with Gasteiger partial charge in [0.25, 0.3) is 5.91 Å². The van der Waals surface area contributed by atoms with Crippen LogP contribution >= 0.6 is 0 Å². The summed E-state index contributed by atoms with van der Waals surface area (Å²) >= 11 is 0. The van der Waals surface area contributed by atoms with Gasteiger partial charge < -0.3 is 10.4 Å². The number of fused-ring (bicyclic) bond motifs is 1. The molecule has 3 aromatic rings. The van der Waals surface area contributed by atoms with Gasteiger partial charge in [0.1, 0.15) is 12.2 Å². The molecule has 0 fully saturated rings. The summed E-state index contributed by atoms with van der Waals surface area (Å²) in [5.74, 6) is -1.30. The van der Waals surface area contributed by atoms with Crippen LogP contribution in [-0.4, -0.2) is 46.7 Å². The van der Waals surface area contributed by atoms with Crippen molar-refractivity contribution in [2.45, 2.75) is 39.9 Å². The Balaban J connectivity index is 1.74. The molecule has 10 heteroatoms. The molecule has 136 valence electrons. The zero-order valence-corrected chi connectivity index (χ0v) is 14.7. The third-order valence-corrected chi connectivity index (χ3v) is 3.81. The Morgan fingerprint density at radius 1 is 1.35 bits per heavy atom. The van der Waals surface area contributed by atoms with Crippen LogP contribution in [0.15, 0.2) is 18.5 Å². The van der Waals surface area contributed by atoms with Crippen molar-refractivity contribution in [1.29, 1.82) is 0 Å². The summed E-state index contributed by atoms with van der Waals surface area (Å²) in [6.07, 6.45) is 3.17. The molecular formula is C16H19N7O3. The van der Waals surface area contributed by atoms with Crippen LogP contribution in [0.5, 0.6) is 0 Å². The molecule has 0 radical (unpaired) electrons. The fourth-order valence-corrected chi connectivity index (χ4v) is 2.57. The van der Waals surface area contributed by atoms with Crippen LogP contribution < -0.4 is 5.32 Å². The van der Waals surface area contributed by atoms with E-state index < -0.39 is 5.97 Å². The van der Waals surface area contributed by atoms with E-state index in [1.54, 1.807) is 19.2 Å². The fraction of sp³-hybridized carbons (Fsp3) is 0.375.